The molecule has 0 aliphatic carbocycles. The average Bonchev–Trinajstić information content (AvgIpc) is 3.81. The molecule has 4 aromatic rings. The first-order chi connectivity index (χ1) is 25.6. The Labute approximate surface area is 305 Å². The molecule has 1 atom stereocenters. The standard InChI is InChI=1S/C38H40N8O7/c1-22(2)53-32-18-28-24(17-30(32)41-35(48)29-19-40-46-11-3-10-39-34(29)46)20-44(38(28)51)25-8-12-43(13-9-25)14-15-52-26-4-5-27-23(16-26)21-45(37(27)50)31-6-7-33(47)42-36(31)49/h3-5,10-11,16-19,22,25,31H,6-9,12-15,20-21H2,1-2H3,(H,41,48)(H,42,47,49). The van der Waals surface area contributed by atoms with Gasteiger partial charge in [0.2, 0.25) is 11.8 Å². The number of nitrogens with one attached hydrogen (secondary N) is 2. The molecule has 0 bridgehead atoms. The highest BCUT2D eigenvalue weighted by atomic mass is 16.5. The molecule has 5 amide bonds. The van der Waals surface area contributed by atoms with Crippen LogP contribution in [0.3, 0.4) is 0 Å². The highest BCUT2D eigenvalue weighted by molar-refractivity contribution is 6.09. The number of benzene rings is 2. The number of imide groups is 1. The Morgan fingerprint density at radius 3 is 2.55 bits per heavy atom. The maximum absolute atomic E-state index is 13.7. The second kappa shape index (κ2) is 14.0. The molecule has 2 saturated heterocycles. The van der Waals surface area contributed by atoms with E-state index in [1.165, 1.54) is 15.6 Å². The Morgan fingerprint density at radius 1 is 0.981 bits per heavy atom. The summed E-state index contributed by atoms with van der Waals surface area (Å²) in [6.07, 6.45) is 6.81. The van der Waals surface area contributed by atoms with Crippen LogP contribution in [0.5, 0.6) is 11.5 Å². The van der Waals surface area contributed by atoms with Crippen LogP contribution >= 0.6 is 0 Å². The van der Waals surface area contributed by atoms with E-state index in [4.69, 9.17) is 9.47 Å². The van der Waals surface area contributed by atoms with Crippen LogP contribution < -0.4 is 20.1 Å². The fraction of sp³-hybridized carbons (Fsp3) is 0.395. The largest absolute Gasteiger partial charge is 0.492 e. The number of piperidine rings is 2. The Kier molecular flexibility index (Phi) is 9.02. The summed E-state index contributed by atoms with van der Waals surface area (Å²) in [6.45, 7) is 7.33. The molecule has 0 saturated carbocycles. The van der Waals surface area contributed by atoms with Gasteiger partial charge in [0, 0.05) is 68.7 Å². The van der Waals surface area contributed by atoms with E-state index in [1.54, 1.807) is 36.7 Å². The minimum Gasteiger partial charge on any atom is -0.492 e. The summed E-state index contributed by atoms with van der Waals surface area (Å²) in [5.41, 5.74) is 4.04. The van der Waals surface area contributed by atoms with Gasteiger partial charge >= 0.3 is 0 Å². The number of rotatable bonds is 10. The number of anilines is 1. The fourth-order valence-electron chi connectivity index (χ4n) is 7.67. The number of amides is 5. The maximum atomic E-state index is 13.7. The van der Waals surface area contributed by atoms with Crippen molar-refractivity contribution in [1.29, 1.82) is 0 Å². The molecule has 0 radical (unpaired) electrons. The molecule has 4 aliphatic rings. The van der Waals surface area contributed by atoms with Gasteiger partial charge in [-0.3, -0.25) is 34.2 Å². The maximum Gasteiger partial charge on any atom is 0.261 e. The SMILES string of the molecule is CC(C)Oc1cc2c(cc1NC(=O)c1cnn3cccnc13)CN(C1CCN(CCOc3ccc4c(c3)CN(C3CCC(=O)NC3=O)C4=O)CC1)C2=O. The van der Waals surface area contributed by atoms with Crippen LogP contribution in [0.1, 0.15) is 81.7 Å². The Hall–Kier alpha value is -5.83. The average molecular weight is 721 g/mol. The molecule has 53 heavy (non-hydrogen) atoms. The molecule has 6 heterocycles. The summed E-state index contributed by atoms with van der Waals surface area (Å²) in [4.78, 5) is 74.1. The third-order valence-electron chi connectivity index (χ3n) is 10.3. The summed E-state index contributed by atoms with van der Waals surface area (Å²) >= 11 is 0. The molecule has 1 unspecified atom stereocenters. The molecule has 4 aliphatic heterocycles. The van der Waals surface area contributed by atoms with Crippen molar-refractivity contribution in [2.24, 2.45) is 0 Å². The van der Waals surface area contributed by atoms with Gasteiger partial charge in [-0.15, -0.1) is 0 Å². The Morgan fingerprint density at radius 2 is 1.75 bits per heavy atom. The summed E-state index contributed by atoms with van der Waals surface area (Å²) in [7, 11) is 0. The van der Waals surface area contributed by atoms with E-state index < -0.39 is 11.9 Å². The lowest BCUT2D eigenvalue weighted by Crippen LogP contribution is -2.52. The second-order valence-electron chi connectivity index (χ2n) is 14.1. The van der Waals surface area contributed by atoms with Crippen LogP contribution in [-0.4, -0.2) is 103 Å². The van der Waals surface area contributed by atoms with Crippen LogP contribution in [0.25, 0.3) is 5.65 Å². The first kappa shape index (κ1) is 34.3. The number of ether oxygens (including phenoxy) is 2. The number of nitrogens with zero attached hydrogens (tertiary/aromatic N) is 6. The predicted molar refractivity (Wildman–Crippen MR) is 190 cm³/mol. The van der Waals surface area contributed by atoms with Gasteiger partial charge in [-0.25, -0.2) is 9.50 Å². The molecular formula is C38H40N8O7. The molecule has 15 nitrogen and oxygen atoms in total. The van der Waals surface area contributed by atoms with Crippen molar-refractivity contribution in [1.82, 2.24) is 34.6 Å². The zero-order valence-electron chi connectivity index (χ0n) is 29.5. The number of hydrogen-bond acceptors (Lipinski definition) is 10. The lowest BCUT2D eigenvalue weighted by Gasteiger charge is -2.36. The van der Waals surface area contributed by atoms with Gasteiger partial charge < -0.3 is 24.6 Å². The van der Waals surface area contributed by atoms with Gasteiger partial charge in [0.1, 0.15) is 29.7 Å². The Bertz CT molecular complexity index is 2140. The molecule has 2 aromatic heterocycles. The van der Waals surface area contributed by atoms with Crippen molar-refractivity contribution in [3.05, 3.63) is 82.8 Å². The van der Waals surface area contributed by atoms with Crippen LogP contribution in [0, 0.1) is 0 Å². The number of fused-ring (bicyclic) bond motifs is 3. The summed E-state index contributed by atoms with van der Waals surface area (Å²) < 4.78 is 13.7. The first-order valence-corrected chi connectivity index (χ1v) is 18.0. The molecular weight excluding hydrogens is 680 g/mol. The molecule has 2 aromatic carbocycles. The van der Waals surface area contributed by atoms with Crippen molar-refractivity contribution in [3.63, 3.8) is 0 Å². The normalized spacial score (nSPS) is 19.2. The predicted octanol–water partition coefficient (Wildman–Crippen LogP) is 3.03. The van der Waals surface area contributed by atoms with E-state index in [2.05, 4.69) is 25.6 Å². The van der Waals surface area contributed by atoms with Crippen molar-refractivity contribution in [2.75, 3.05) is 31.6 Å². The Balaban J connectivity index is 0.854. The second-order valence-corrected chi connectivity index (χ2v) is 14.1. The van der Waals surface area contributed by atoms with Crippen molar-refractivity contribution >= 4 is 40.9 Å². The van der Waals surface area contributed by atoms with Crippen LogP contribution in [0.2, 0.25) is 0 Å². The fourth-order valence-corrected chi connectivity index (χ4v) is 7.67. The molecule has 274 valence electrons. The van der Waals surface area contributed by atoms with E-state index in [-0.39, 0.29) is 42.2 Å². The van der Waals surface area contributed by atoms with Crippen LogP contribution in [0.4, 0.5) is 5.69 Å². The minimum atomic E-state index is -0.653. The van der Waals surface area contributed by atoms with Crippen molar-refractivity contribution in [2.45, 2.75) is 70.8 Å². The van der Waals surface area contributed by atoms with E-state index in [0.717, 1.165) is 37.1 Å². The van der Waals surface area contributed by atoms with Crippen LogP contribution in [-0.2, 0) is 22.7 Å². The monoisotopic (exact) mass is 720 g/mol. The third-order valence-corrected chi connectivity index (χ3v) is 10.3. The van der Waals surface area contributed by atoms with Crippen molar-refractivity contribution in [3.8, 4) is 11.5 Å². The number of carbonyl (C=O) groups is 5. The molecule has 2 fully saturated rings. The van der Waals surface area contributed by atoms with Gasteiger partial charge in [-0.1, -0.05) is 0 Å². The van der Waals surface area contributed by atoms with E-state index in [9.17, 15) is 24.0 Å². The quantitative estimate of drug-likeness (QED) is 0.233. The van der Waals surface area contributed by atoms with Gasteiger partial charge in [0.25, 0.3) is 17.7 Å². The summed E-state index contributed by atoms with van der Waals surface area (Å²) in [6, 6.07) is 10.1. The van der Waals surface area contributed by atoms with E-state index in [0.29, 0.717) is 72.2 Å². The topological polar surface area (TPSA) is 168 Å². The molecule has 15 heteroatoms. The number of hydrogen-bond donors (Lipinski definition) is 2. The van der Waals surface area contributed by atoms with Gasteiger partial charge in [0.15, 0.2) is 5.65 Å². The molecule has 2 N–H and O–H groups in total. The summed E-state index contributed by atoms with van der Waals surface area (Å²) in [5.74, 6) is -0.266. The lowest BCUT2D eigenvalue weighted by molar-refractivity contribution is -0.136. The first-order valence-electron chi connectivity index (χ1n) is 18.0. The highest BCUT2D eigenvalue weighted by Crippen LogP contribution is 2.37. The van der Waals surface area contributed by atoms with Crippen LogP contribution in [0.15, 0.2) is 55.0 Å². The number of carbonyl (C=O) groups excluding carboxylic acids is 5. The van der Waals surface area contributed by atoms with Gasteiger partial charge in [-0.05, 0) is 80.6 Å². The highest BCUT2D eigenvalue weighted by Gasteiger charge is 2.39. The molecule has 0 spiro atoms. The number of aromatic nitrogens is 3. The smallest absolute Gasteiger partial charge is 0.261 e. The third kappa shape index (κ3) is 6.67. The zero-order chi connectivity index (χ0) is 36.8. The zero-order valence-corrected chi connectivity index (χ0v) is 29.5. The van der Waals surface area contributed by atoms with Crippen molar-refractivity contribution < 1.29 is 33.4 Å². The minimum absolute atomic E-state index is 0.0358. The number of likely N-dealkylation sites (tertiary alicyclic amines) is 1. The lowest BCUT2D eigenvalue weighted by atomic mass is 10.0. The van der Waals surface area contributed by atoms with E-state index in [1.807, 2.05) is 30.9 Å². The van der Waals surface area contributed by atoms with Gasteiger partial charge in [0.05, 0.1) is 18.0 Å². The van der Waals surface area contributed by atoms with E-state index >= 15 is 0 Å². The molecule has 8 rings (SSSR count). The van der Waals surface area contributed by atoms with Gasteiger partial charge in [-0.2, -0.15) is 5.10 Å². The summed E-state index contributed by atoms with van der Waals surface area (Å²) in [5, 5.41) is 9.52.